The summed E-state index contributed by atoms with van der Waals surface area (Å²) < 4.78 is 14.2. The summed E-state index contributed by atoms with van der Waals surface area (Å²) in [5.74, 6) is -0.238. The molecule has 1 radical (unpaired) electrons. The number of rotatable bonds is 1. The molecule has 0 amide bonds. The molecule has 3 rings (SSSR count). The molecule has 1 aromatic heterocycles. The van der Waals surface area contributed by atoms with Crippen LogP contribution in [0.2, 0.25) is 0 Å². The average molecular weight is 228 g/mol. The maximum Gasteiger partial charge on any atom is 0.123 e. The first-order valence-electron chi connectivity index (χ1n) is 4.84. The van der Waals surface area contributed by atoms with Gasteiger partial charge < -0.3 is 0 Å². The minimum Gasteiger partial charge on any atom is -0.245 e. The first kappa shape index (κ1) is 9.48. The van der Waals surface area contributed by atoms with Crippen LogP contribution in [-0.4, -0.2) is 4.98 Å². The van der Waals surface area contributed by atoms with Crippen molar-refractivity contribution in [2.24, 2.45) is 0 Å². The van der Waals surface area contributed by atoms with Gasteiger partial charge in [0.15, 0.2) is 0 Å². The molecule has 0 atom stereocenters. The molecule has 0 bridgehead atoms. The number of hydrogen-bond acceptors (Lipinski definition) is 2. The van der Waals surface area contributed by atoms with E-state index in [0.717, 1.165) is 21.3 Å². The summed E-state index contributed by atoms with van der Waals surface area (Å²) in [6.07, 6.45) is 0. The Kier molecular flexibility index (Phi) is 2.18. The van der Waals surface area contributed by atoms with E-state index in [1.165, 1.54) is 12.1 Å². The fourth-order valence-corrected chi connectivity index (χ4v) is 2.34. The Labute approximate surface area is 96.2 Å². The van der Waals surface area contributed by atoms with Gasteiger partial charge in [0.25, 0.3) is 0 Å². The fourth-order valence-electron chi connectivity index (χ4n) is 1.63. The predicted octanol–water partition coefficient (Wildman–Crippen LogP) is 3.90. The molecule has 16 heavy (non-hydrogen) atoms. The van der Waals surface area contributed by atoms with E-state index in [2.05, 4.69) is 11.1 Å². The van der Waals surface area contributed by atoms with Crippen molar-refractivity contribution in [3.8, 4) is 11.1 Å². The second kappa shape index (κ2) is 3.68. The van der Waals surface area contributed by atoms with Crippen molar-refractivity contribution < 1.29 is 4.39 Å². The van der Waals surface area contributed by atoms with E-state index < -0.39 is 0 Å². The van der Waals surface area contributed by atoms with Crippen LogP contribution < -0.4 is 0 Å². The van der Waals surface area contributed by atoms with Crippen molar-refractivity contribution >= 4 is 21.6 Å². The van der Waals surface area contributed by atoms with Gasteiger partial charge in [-0.3, -0.25) is 0 Å². The van der Waals surface area contributed by atoms with E-state index in [1.807, 2.05) is 23.7 Å². The molecule has 0 unspecified atom stereocenters. The molecule has 0 saturated heterocycles. The van der Waals surface area contributed by atoms with Crippen LogP contribution in [0.25, 0.3) is 21.3 Å². The molecule has 2 aromatic carbocycles. The zero-order chi connectivity index (χ0) is 11.0. The SMILES string of the molecule is Fc1cc[c]c(-c2ccc3ncsc3c2)c1. The molecular formula is C13H7FNS. The molecule has 77 valence electrons. The molecule has 0 aliphatic rings. The normalized spacial score (nSPS) is 10.8. The monoisotopic (exact) mass is 228 g/mol. The van der Waals surface area contributed by atoms with Crippen LogP contribution in [0.15, 0.2) is 41.9 Å². The Morgan fingerprint density at radius 3 is 3.00 bits per heavy atom. The number of nitrogens with zero attached hydrogens (tertiary/aromatic N) is 1. The molecule has 0 saturated carbocycles. The summed E-state index contributed by atoms with van der Waals surface area (Å²) in [4.78, 5) is 4.21. The van der Waals surface area contributed by atoms with Crippen LogP contribution in [0.3, 0.4) is 0 Å². The Balaban J connectivity index is 2.18. The van der Waals surface area contributed by atoms with Gasteiger partial charge in [0.1, 0.15) is 5.82 Å². The quantitative estimate of drug-likeness (QED) is 0.615. The lowest BCUT2D eigenvalue weighted by molar-refractivity contribution is 0.628. The number of hydrogen-bond donors (Lipinski definition) is 0. The number of aromatic nitrogens is 1. The van der Waals surface area contributed by atoms with E-state index >= 15 is 0 Å². The van der Waals surface area contributed by atoms with Gasteiger partial charge in [-0.25, -0.2) is 9.37 Å². The molecule has 0 fully saturated rings. The van der Waals surface area contributed by atoms with Crippen LogP contribution in [0.5, 0.6) is 0 Å². The van der Waals surface area contributed by atoms with Crippen molar-refractivity contribution in [3.05, 3.63) is 53.8 Å². The molecule has 0 aliphatic heterocycles. The highest BCUT2D eigenvalue weighted by Crippen LogP contribution is 2.26. The Morgan fingerprint density at radius 2 is 2.12 bits per heavy atom. The predicted molar refractivity (Wildman–Crippen MR) is 63.9 cm³/mol. The number of thiazole rings is 1. The summed E-state index contributed by atoms with van der Waals surface area (Å²) in [6, 6.07) is 13.4. The van der Waals surface area contributed by atoms with Crippen LogP contribution in [0, 0.1) is 11.9 Å². The van der Waals surface area contributed by atoms with Crippen molar-refractivity contribution in [3.63, 3.8) is 0 Å². The maximum absolute atomic E-state index is 13.1. The van der Waals surface area contributed by atoms with Crippen molar-refractivity contribution in [2.45, 2.75) is 0 Å². The van der Waals surface area contributed by atoms with Crippen LogP contribution in [0.4, 0.5) is 4.39 Å². The standard InChI is InChI=1S/C13H7FNS/c14-11-3-1-2-9(6-11)10-4-5-12-13(7-10)16-8-15-12/h1,3-8H. The van der Waals surface area contributed by atoms with E-state index in [4.69, 9.17) is 0 Å². The molecular weight excluding hydrogens is 221 g/mol. The summed E-state index contributed by atoms with van der Waals surface area (Å²) in [6.45, 7) is 0. The van der Waals surface area contributed by atoms with Gasteiger partial charge in [0.2, 0.25) is 0 Å². The van der Waals surface area contributed by atoms with E-state index in [-0.39, 0.29) is 5.82 Å². The lowest BCUT2D eigenvalue weighted by Gasteiger charge is -2.00. The van der Waals surface area contributed by atoms with Gasteiger partial charge in [0, 0.05) is 0 Å². The zero-order valence-electron chi connectivity index (χ0n) is 8.27. The third-order valence-corrected chi connectivity index (χ3v) is 3.20. The average Bonchev–Trinajstić information content (AvgIpc) is 2.75. The van der Waals surface area contributed by atoms with Crippen molar-refractivity contribution in [1.29, 1.82) is 0 Å². The van der Waals surface area contributed by atoms with Gasteiger partial charge in [-0.05, 0) is 41.5 Å². The van der Waals surface area contributed by atoms with E-state index in [9.17, 15) is 4.39 Å². The van der Waals surface area contributed by atoms with Crippen molar-refractivity contribution in [1.82, 2.24) is 4.98 Å². The number of benzene rings is 2. The Morgan fingerprint density at radius 1 is 1.19 bits per heavy atom. The minimum atomic E-state index is -0.238. The molecule has 1 heterocycles. The van der Waals surface area contributed by atoms with Crippen LogP contribution >= 0.6 is 11.3 Å². The smallest absolute Gasteiger partial charge is 0.123 e. The summed E-state index contributed by atoms with van der Waals surface area (Å²) in [7, 11) is 0. The van der Waals surface area contributed by atoms with Crippen molar-refractivity contribution in [2.75, 3.05) is 0 Å². The van der Waals surface area contributed by atoms with Gasteiger partial charge in [-0.2, -0.15) is 0 Å². The molecule has 0 spiro atoms. The summed E-state index contributed by atoms with van der Waals surface area (Å²) in [5, 5.41) is 0. The molecule has 3 heteroatoms. The third-order valence-electron chi connectivity index (χ3n) is 2.41. The minimum absolute atomic E-state index is 0.238. The Hall–Kier alpha value is -1.74. The summed E-state index contributed by atoms with van der Waals surface area (Å²) >= 11 is 1.58. The van der Waals surface area contributed by atoms with Gasteiger partial charge in [-0.15, -0.1) is 11.3 Å². The lowest BCUT2D eigenvalue weighted by Crippen LogP contribution is -1.80. The molecule has 0 aliphatic carbocycles. The lowest BCUT2D eigenvalue weighted by atomic mass is 10.1. The molecule has 1 nitrogen and oxygen atoms in total. The molecule has 3 aromatic rings. The number of halogens is 1. The number of fused-ring (bicyclic) bond motifs is 1. The second-order valence-electron chi connectivity index (χ2n) is 3.46. The third kappa shape index (κ3) is 1.59. The van der Waals surface area contributed by atoms with E-state index in [0.29, 0.717) is 0 Å². The van der Waals surface area contributed by atoms with Gasteiger partial charge in [0.05, 0.1) is 15.7 Å². The Bertz CT molecular complexity index is 645. The van der Waals surface area contributed by atoms with Gasteiger partial charge in [-0.1, -0.05) is 12.1 Å². The largest absolute Gasteiger partial charge is 0.245 e. The van der Waals surface area contributed by atoms with Crippen LogP contribution in [-0.2, 0) is 0 Å². The first-order chi connectivity index (χ1) is 7.83. The van der Waals surface area contributed by atoms with E-state index in [1.54, 1.807) is 17.4 Å². The zero-order valence-corrected chi connectivity index (χ0v) is 9.09. The molecule has 0 N–H and O–H groups in total. The first-order valence-corrected chi connectivity index (χ1v) is 5.72. The second-order valence-corrected chi connectivity index (χ2v) is 4.34. The maximum atomic E-state index is 13.1. The summed E-state index contributed by atoms with van der Waals surface area (Å²) in [5.41, 5.74) is 4.53. The fraction of sp³-hybridized carbons (Fsp3) is 0. The van der Waals surface area contributed by atoms with Gasteiger partial charge >= 0.3 is 0 Å². The van der Waals surface area contributed by atoms with Crippen LogP contribution in [0.1, 0.15) is 0 Å². The highest BCUT2D eigenvalue weighted by molar-refractivity contribution is 7.16. The highest BCUT2D eigenvalue weighted by Gasteiger charge is 2.02. The topological polar surface area (TPSA) is 12.9 Å². The highest BCUT2D eigenvalue weighted by atomic mass is 32.1.